The second-order valence-electron chi connectivity index (χ2n) is 6.78. The van der Waals surface area contributed by atoms with E-state index in [9.17, 15) is 0 Å². The quantitative estimate of drug-likeness (QED) is 0.843. The van der Waals surface area contributed by atoms with E-state index in [1.807, 2.05) is 0 Å². The lowest BCUT2D eigenvalue weighted by atomic mass is 10.1. The molecule has 3 aliphatic rings. The van der Waals surface area contributed by atoms with Crippen LogP contribution in [-0.4, -0.2) is 61.2 Å². The monoisotopic (exact) mass is 265 g/mol. The van der Waals surface area contributed by atoms with Crippen LogP contribution in [0.2, 0.25) is 0 Å². The molecule has 0 aromatic carbocycles. The molecule has 0 bridgehead atoms. The molecule has 1 aliphatic carbocycles. The fraction of sp³-hybridized carbons (Fsp3) is 1.00. The van der Waals surface area contributed by atoms with Gasteiger partial charge in [-0.1, -0.05) is 25.7 Å². The molecule has 0 spiro atoms. The van der Waals surface area contributed by atoms with Crippen LogP contribution in [0.5, 0.6) is 0 Å². The van der Waals surface area contributed by atoms with Crippen molar-refractivity contribution in [1.29, 1.82) is 0 Å². The topological polar surface area (TPSA) is 18.5 Å². The summed E-state index contributed by atoms with van der Waals surface area (Å²) in [5.41, 5.74) is 0. The zero-order valence-electron chi connectivity index (χ0n) is 12.4. The summed E-state index contributed by atoms with van der Waals surface area (Å²) in [7, 11) is 0. The number of hydrogen-bond donors (Lipinski definition) is 1. The van der Waals surface area contributed by atoms with Gasteiger partial charge in [-0.3, -0.25) is 9.80 Å². The fourth-order valence-electron chi connectivity index (χ4n) is 4.15. The average molecular weight is 265 g/mol. The molecule has 0 radical (unpaired) electrons. The molecule has 0 aromatic rings. The molecular formula is C16H31N3. The minimum atomic E-state index is 0.764. The maximum Gasteiger partial charge on any atom is 0.0195 e. The Bertz CT molecular complexity index is 247. The third kappa shape index (κ3) is 3.93. The van der Waals surface area contributed by atoms with Crippen molar-refractivity contribution in [3.8, 4) is 0 Å². The third-order valence-electron chi connectivity index (χ3n) is 5.39. The molecule has 1 N–H and O–H groups in total. The van der Waals surface area contributed by atoms with Gasteiger partial charge in [0.05, 0.1) is 0 Å². The fourth-order valence-corrected chi connectivity index (χ4v) is 4.15. The summed E-state index contributed by atoms with van der Waals surface area (Å²) >= 11 is 0. The van der Waals surface area contributed by atoms with Crippen LogP contribution >= 0.6 is 0 Å². The summed E-state index contributed by atoms with van der Waals surface area (Å²) in [6, 6.07) is 1.69. The maximum atomic E-state index is 3.74. The first-order valence-corrected chi connectivity index (χ1v) is 8.61. The van der Waals surface area contributed by atoms with Crippen molar-refractivity contribution >= 4 is 0 Å². The minimum Gasteiger partial charge on any atom is -0.313 e. The molecule has 3 fully saturated rings. The van der Waals surface area contributed by atoms with Crippen LogP contribution in [0, 0.1) is 0 Å². The van der Waals surface area contributed by atoms with Crippen LogP contribution in [0.4, 0.5) is 0 Å². The van der Waals surface area contributed by atoms with E-state index in [0.29, 0.717) is 0 Å². The van der Waals surface area contributed by atoms with Crippen molar-refractivity contribution in [3.05, 3.63) is 0 Å². The van der Waals surface area contributed by atoms with E-state index in [1.165, 1.54) is 90.6 Å². The van der Waals surface area contributed by atoms with Gasteiger partial charge in [0.15, 0.2) is 0 Å². The highest BCUT2D eigenvalue weighted by Gasteiger charge is 2.26. The summed E-state index contributed by atoms with van der Waals surface area (Å²) in [5.74, 6) is 0. The highest BCUT2D eigenvalue weighted by molar-refractivity contribution is 4.84. The highest BCUT2D eigenvalue weighted by Crippen LogP contribution is 2.24. The van der Waals surface area contributed by atoms with E-state index in [2.05, 4.69) is 15.1 Å². The Morgan fingerprint density at radius 1 is 0.789 bits per heavy atom. The molecule has 0 amide bonds. The van der Waals surface area contributed by atoms with Crippen LogP contribution < -0.4 is 5.32 Å². The van der Waals surface area contributed by atoms with Crippen molar-refractivity contribution in [2.24, 2.45) is 0 Å². The van der Waals surface area contributed by atoms with Crippen LogP contribution in [-0.2, 0) is 0 Å². The Labute approximate surface area is 118 Å². The van der Waals surface area contributed by atoms with Gasteiger partial charge in [0.2, 0.25) is 0 Å². The first-order valence-electron chi connectivity index (χ1n) is 8.61. The smallest absolute Gasteiger partial charge is 0.0195 e. The van der Waals surface area contributed by atoms with Gasteiger partial charge in [-0.25, -0.2) is 0 Å². The Hall–Kier alpha value is -0.120. The zero-order valence-corrected chi connectivity index (χ0v) is 12.4. The average Bonchev–Trinajstić information content (AvgIpc) is 2.86. The van der Waals surface area contributed by atoms with Crippen molar-refractivity contribution in [2.75, 3.05) is 39.3 Å². The standard InChI is InChI=1S/C16H31N3/c1-2-6-15(17-9-5-1)14-18-10-12-19(13-11-18)16-7-3-4-8-16/h15-17H,1-14H2. The van der Waals surface area contributed by atoms with Crippen molar-refractivity contribution in [1.82, 2.24) is 15.1 Å². The molecular weight excluding hydrogens is 234 g/mol. The van der Waals surface area contributed by atoms with E-state index in [-0.39, 0.29) is 0 Å². The van der Waals surface area contributed by atoms with E-state index < -0.39 is 0 Å². The minimum absolute atomic E-state index is 0.764. The molecule has 2 saturated heterocycles. The number of nitrogens with one attached hydrogen (secondary N) is 1. The largest absolute Gasteiger partial charge is 0.313 e. The predicted molar refractivity (Wildman–Crippen MR) is 80.5 cm³/mol. The lowest BCUT2D eigenvalue weighted by molar-refractivity contribution is 0.0910. The van der Waals surface area contributed by atoms with Gasteiger partial charge >= 0.3 is 0 Å². The van der Waals surface area contributed by atoms with Crippen LogP contribution in [0.1, 0.15) is 51.4 Å². The first kappa shape index (κ1) is 13.8. The molecule has 1 unspecified atom stereocenters. The number of hydrogen-bond acceptors (Lipinski definition) is 3. The van der Waals surface area contributed by atoms with E-state index in [1.54, 1.807) is 0 Å². The summed E-state index contributed by atoms with van der Waals surface area (Å²) in [4.78, 5) is 5.47. The molecule has 0 aromatic heterocycles. The van der Waals surface area contributed by atoms with Gasteiger partial charge < -0.3 is 5.32 Å². The predicted octanol–water partition coefficient (Wildman–Crippen LogP) is 2.08. The molecule has 3 nitrogen and oxygen atoms in total. The van der Waals surface area contributed by atoms with Gasteiger partial charge in [0.25, 0.3) is 0 Å². The Morgan fingerprint density at radius 2 is 1.53 bits per heavy atom. The maximum absolute atomic E-state index is 3.74. The van der Waals surface area contributed by atoms with Crippen LogP contribution in [0.25, 0.3) is 0 Å². The molecule has 1 atom stereocenters. The SMILES string of the molecule is C1CCNC(CN2CCN(C3CCCC3)CC2)CC1. The third-order valence-corrected chi connectivity index (χ3v) is 5.39. The van der Waals surface area contributed by atoms with E-state index in [4.69, 9.17) is 0 Å². The van der Waals surface area contributed by atoms with Crippen molar-refractivity contribution < 1.29 is 0 Å². The number of rotatable bonds is 3. The highest BCUT2D eigenvalue weighted by atomic mass is 15.3. The van der Waals surface area contributed by atoms with Crippen LogP contribution in [0.15, 0.2) is 0 Å². The molecule has 2 aliphatic heterocycles. The summed E-state index contributed by atoms with van der Waals surface area (Å²) in [6.45, 7) is 7.77. The summed E-state index contributed by atoms with van der Waals surface area (Å²) in [5, 5.41) is 3.74. The van der Waals surface area contributed by atoms with Crippen molar-refractivity contribution in [2.45, 2.75) is 63.5 Å². The lowest BCUT2D eigenvalue weighted by Crippen LogP contribution is -2.52. The Morgan fingerprint density at radius 3 is 2.32 bits per heavy atom. The second-order valence-corrected chi connectivity index (χ2v) is 6.78. The first-order chi connectivity index (χ1) is 9.42. The van der Waals surface area contributed by atoms with Gasteiger partial charge in [0.1, 0.15) is 0 Å². The number of nitrogens with zero attached hydrogens (tertiary/aromatic N) is 2. The molecule has 2 heterocycles. The van der Waals surface area contributed by atoms with Gasteiger partial charge in [-0.2, -0.15) is 0 Å². The molecule has 3 rings (SSSR count). The Balaban J connectivity index is 1.39. The second kappa shape index (κ2) is 7.05. The summed E-state index contributed by atoms with van der Waals surface area (Å²) in [6.07, 6.45) is 11.5. The normalized spacial score (nSPS) is 32.5. The lowest BCUT2D eigenvalue weighted by Gasteiger charge is -2.39. The molecule has 1 saturated carbocycles. The molecule has 110 valence electrons. The molecule has 3 heteroatoms. The van der Waals surface area contributed by atoms with E-state index >= 15 is 0 Å². The van der Waals surface area contributed by atoms with Gasteiger partial charge in [0, 0.05) is 44.8 Å². The van der Waals surface area contributed by atoms with E-state index in [0.717, 1.165) is 12.1 Å². The zero-order chi connectivity index (χ0) is 12.9. The molecule has 19 heavy (non-hydrogen) atoms. The van der Waals surface area contributed by atoms with Crippen molar-refractivity contribution in [3.63, 3.8) is 0 Å². The van der Waals surface area contributed by atoms with Gasteiger partial charge in [-0.05, 0) is 32.2 Å². The summed E-state index contributed by atoms with van der Waals surface area (Å²) < 4.78 is 0. The van der Waals surface area contributed by atoms with Gasteiger partial charge in [-0.15, -0.1) is 0 Å². The van der Waals surface area contributed by atoms with Crippen LogP contribution in [0.3, 0.4) is 0 Å². The number of piperazine rings is 1. The Kier molecular flexibility index (Phi) is 5.14.